The Hall–Kier alpha value is -1.88. The van der Waals surface area contributed by atoms with E-state index in [-0.39, 0.29) is 5.82 Å². The molecule has 0 fully saturated rings. The van der Waals surface area contributed by atoms with E-state index >= 15 is 0 Å². The van der Waals surface area contributed by atoms with E-state index in [2.05, 4.69) is 15.2 Å². The molecule has 82 valence electrons. The van der Waals surface area contributed by atoms with Crippen molar-refractivity contribution in [2.75, 3.05) is 6.54 Å². The van der Waals surface area contributed by atoms with Gasteiger partial charge in [-0.15, -0.1) is 5.10 Å². The highest BCUT2D eigenvalue weighted by Gasteiger charge is 2.02. The summed E-state index contributed by atoms with van der Waals surface area (Å²) in [6, 6.07) is 6.09. The molecule has 2 aromatic rings. The summed E-state index contributed by atoms with van der Waals surface area (Å²) >= 11 is 0. The molecule has 0 aliphatic carbocycles. The second-order valence-corrected chi connectivity index (χ2v) is 3.30. The fraction of sp³-hybridized carbons (Fsp3) is 0.182. The summed E-state index contributed by atoms with van der Waals surface area (Å²) in [7, 11) is 0. The third-order valence-corrected chi connectivity index (χ3v) is 2.11. The maximum Gasteiger partial charge on any atom is 0.152 e. The topological polar surface area (TPSA) is 64.7 Å². The van der Waals surface area contributed by atoms with Crippen LogP contribution in [0.5, 0.6) is 0 Å². The minimum Gasteiger partial charge on any atom is -0.330 e. The van der Waals surface area contributed by atoms with Crippen LogP contribution in [-0.2, 0) is 6.42 Å². The summed E-state index contributed by atoms with van der Waals surface area (Å²) in [6.07, 6.45) is 2.13. The zero-order valence-corrected chi connectivity index (χ0v) is 8.60. The molecule has 4 nitrogen and oxygen atoms in total. The van der Waals surface area contributed by atoms with E-state index < -0.39 is 0 Å². The number of hydrogen-bond acceptors (Lipinski definition) is 4. The lowest BCUT2D eigenvalue weighted by atomic mass is 10.1. The lowest BCUT2D eigenvalue weighted by Crippen LogP contribution is -2.07. The number of hydrogen-bond donors (Lipinski definition) is 1. The van der Waals surface area contributed by atoms with E-state index in [1.165, 1.54) is 12.1 Å². The van der Waals surface area contributed by atoms with Crippen molar-refractivity contribution in [3.8, 4) is 11.3 Å². The standard InChI is InChI=1S/C11H11FN4/c12-9-3-1-8(2-4-9)10-7-14-16-11(15-10)5-6-13/h1-4,7H,5-6,13H2. The maximum atomic E-state index is 12.7. The van der Waals surface area contributed by atoms with E-state index in [0.29, 0.717) is 24.5 Å². The fourth-order valence-corrected chi connectivity index (χ4v) is 1.34. The van der Waals surface area contributed by atoms with Gasteiger partial charge in [-0.2, -0.15) is 5.10 Å². The third kappa shape index (κ3) is 2.38. The first-order valence-corrected chi connectivity index (χ1v) is 4.94. The van der Waals surface area contributed by atoms with Crippen LogP contribution in [0, 0.1) is 5.82 Å². The van der Waals surface area contributed by atoms with Crippen LogP contribution in [0.3, 0.4) is 0 Å². The average molecular weight is 218 g/mol. The Labute approximate surface area is 92.4 Å². The van der Waals surface area contributed by atoms with Gasteiger partial charge in [-0.05, 0) is 30.8 Å². The molecule has 5 heteroatoms. The summed E-state index contributed by atoms with van der Waals surface area (Å²) < 4.78 is 12.7. The molecule has 0 unspecified atom stereocenters. The van der Waals surface area contributed by atoms with Gasteiger partial charge < -0.3 is 5.73 Å². The molecular weight excluding hydrogens is 207 g/mol. The summed E-state index contributed by atoms with van der Waals surface area (Å²) in [6.45, 7) is 0.481. The highest BCUT2D eigenvalue weighted by molar-refractivity contribution is 5.57. The van der Waals surface area contributed by atoms with Crippen LogP contribution in [0.15, 0.2) is 30.5 Å². The number of halogens is 1. The zero-order chi connectivity index (χ0) is 11.4. The van der Waals surface area contributed by atoms with Crippen molar-refractivity contribution < 1.29 is 4.39 Å². The lowest BCUT2D eigenvalue weighted by Gasteiger charge is -2.01. The Bertz CT molecular complexity index is 470. The van der Waals surface area contributed by atoms with Crippen molar-refractivity contribution in [1.29, 1.82) is 0 Å². The van der Waals surface area contributed by atoms with Crippen LogP contribution in [0.25, 0.3) is 11.3 Å². The lowest BCUT2D eigenvalue weighted by molar-refractivity contribution is 0.628. The minimum absolute atomic E-state index is 0.270. The highest BCUT2D eigenvalue weighted by Crippen LogP contribution is 2.15. The van der Waals surface area contributed by atoms with Gasteiger partial charge in [0.1, 0.15) is 5.82 Å². The predicted octanol–water partition coefficient (Wildman–Crippen LogP) is 1.18. The molecule has 2 rings (SSSR count). The number of benzene rings is 1. The van der Waals surface area contributed by atoms with Crippen LogP contribution >= 0.6 is 0 Å². The van der Waals surface area contributed by atoms with Gasteiger partial charge in [-0.3, -0.25) is 0 Å². The normalized spacial score (nSPS) is 10.4. The second kappa shape index (κ2) is 4.76. The Morgan fingerprint density at radius 2 is 1.94 bits per heavy atom. The highest BCUT2D eigenvalue weighted by atomic mass is 19.1. The van der Waals surface area contributed by atoms with Crippen LogP contribution in [0.4, 0.5) is 4.39 Å². The van der Waals surface area contributed by atoms with Crippen molar-refractivity contribution in [1.82, 2.24) is 15.2 Å². The Kier molecular flexibility index (Phi) is 3.16. The van der Waals surface area contributed by atoms with Gasteiger partial charge in [0.25, 0.3) is 0 Å². The van der Waals surface area contributed by atoms with E-state index in [1.807, 2.05) is 0 Å². The first-order valence-electron chi connectivity index (χ1n) is 4.94. The number of aromatic nitrogens is 3. The maximum absolute atomic E-state index is 12.7. The first kappa shape index (κ1) is 10.6. The molecule has 0 amide bonds. The van der Waals surface area contributed by atoms with E-state index in [1.54, 1.807) is 18.3 Å². The van der Waals surface area contributed by atoms with Crippen molar-refractivity contribution in [3.63, 3.8) is 0 Å². The summed E-state index contributed by atoms with van der Waals surface area (Å²) in [5.74, 6) is 0.331. The molecule has 1 aromatic heterocycles. The number of nitrogens with zero attached hydrogens (tertiary/aromatic N) is 3. The quantitative estimate of drug-likeness (QED) is 0.840. The largest absolute Gasteiger partial charge is 0.330 e. The molecule has 0 saturated carbocycles. The molecule has 0 spiro atoms. The van der Waals surface area contributed by atoms with E-state index in [4.69, 9.17) is 5.73 Å². The molecule has 0 bridgehead atoms. The van der Waals surface area contributed by atoms with Gasteiger partial charge in [0, 0.05) is 12.0 Å². The average Bonchev–Trinajstić information content (AvgIpc) is 2.31. The van der Waals surface area contributed by atoms with Gasteiger partial charge in [-0.25, -0.2) is 9.37 Å². The molecule has 0 radical (unpaired) electrons. The smallest absolute Gasteiger partial charge is 0.152 e. The van der Waals surface area contributed by atoms with E-state index in [0.717, 1.165) is 5.56 Å². The SMILES string of the molecule is NCCc1nncc(-c2ccc(F)cc2)n1. The second-order valence-electron chi connectivity index (χ2n) is 3.30. The Balaban J connectivity index is 2.32. The number of nitrogens with two attached hydrogens (primary N) is 1. The molecule has 0 atom stereocenters. The van der Waals surface area contributed by atoms with Crippen molar-refractivity contribution >= 4 is 0 Å². The molecule has 16 heavy (non-hydrogen) atoms. The van der Waals surface area contributed by atoms with Gasteiger partial charge >= 0.3 is 0 Å². The molecular formula is C11H11FN4. The fourth-order valence-electron chi connectivity index (χ4n) is 1.34. The monoisotopic (exact) mass is 218 g/mol. The molecule has 1 aromatic carbocycles. The van der Waals surface area contributed by atoms with Crippen molar-refractivity contribution in [2.45, 2.75) is 6.42 Å². The van der Waals surface area contributed by atoms with Gasteiger partial charge in [0.15, 0.2) is 5.82 Å². The van der Waals surface area contributed by atoms with Crippen LogP contribution in [0.1, 0.15) is 5.82 Å². The van der Waals surface area contributed by atoms with Crippen LogP contribution < -0.4 is 5.73 Å². The molecule has 1 heterocycles. The zero-order valence-electron chi connectivity index (χ0n) is 8.60. The Morgan fingerprint density at radius 3 is 2.62 bits per heavy atom. The van der Waals surface area contributed by atoms with Gasteiger partial charge in [0.05, 0.1) is 11.9 Å². The predicted molar refractivity (Wildman–Crippen MR) is 58.0 cm³/mol. The summed E-state index contributed by atoms with van der Waals surface area (Å²) in [4.78, 5) is 4.29. The van der Waals surface area contributed by atoms with Crippen molar-refractivity contribution in [3.05, 3.63) is 42.1 Å². The first-order chi connectivity index (χ1) is 7.79. The molecule has 2 N–H and O–H groups in total. The third-order valence-electron chi connectivity index (χ3n) is 2.11. The van der Waals surface area contributed by atoms with Crippen LogP contribution in [-0.4, -0.2) is 21.7 Å². The molecule has 0 aliphatic rings. The van der Waals surface area contributed by atoms with Gasteiger partial charge in [0.2, 0.25) is 0 Å². The minimum atomic E-state index is -0.270. The van der Waals surface area contributed by atoms with Crippen molar-refractivity contribution in [2.24, 2.45) is 5.73 Å². The Morgan fingerprint density at radius 1 is 1.19 bits per heavy atom. The summed E-state index contributed by atoms with van der Waals surface area (Å²) in [5, 5.41) is 7.70. The summed E-state index contributed by atoms with van der Waals surface area (Å²) in [5.41, 5.74) is 6.91. The number of rotatable bonds is 3. The van der Waals surface area contributed by atoms with Crippen LogP contribution in [0.2, 0.25) is 0 Å². The molecule has 0 saturated heterocycles. The van der Waals surface area contributed by atoms with E-state index in [9.17, 15) is 4.39 Å². The van der Waals surface area contributed by atoms with Gasteiger partial charge in [-0.1, -0.05) is 0 Å². The molecule has 0 aliphatic heterocycles.